The minimum atomic E-state index is -0.687. The fourth-order valence-electron chi connectivity index (χ4n) is 3.73. The van der Waals surface area contributed by atoms with E-state index in [0.29, 0.717) is 62.7 Å². The third kappa shape index (κ3) is 15.8. The Kier molecular flexibility index (Phi) is 16.8. The SMILES string of the molecule is CC(=O)CC(=O)CCc1ccc(NC(=O)CCCC(=O)NCCOCCOCCOCCC(=O)On2c(O)ccc2O)cc1. The van der Waals surface area contributed by atoms with Crippen molar-refractivity contribution in [2.75, 3.05) is 51.5 Å². The van der Waals surface area contributed by atoms with E-state index in [2.05, 4.69) is 10.6 Å². The number of rotatable bonds is 23. The van der Waals surface area contributed by atoms with Crippen LogP contribution in [-0.4, -0.2) is 90.5 Å². The first kappa shape index (κ1) is 35.9. The number of amides is 2. The molecule has 0 aliphatic heterocycles. The van der Waals surface area contributed by atoms with Crippen LogP contribution in [0.15, 0.2) is 36.4 Å². The molecule has 1 aromatic heterocycles. The molecule has 0 radical (unpaired) electrons. The summed E-state index contributed by atoms with van der Waals surface area (Å²) in [7, 11) is 0. The van der Waals surface area contributed by atoms with Gasteiger partial charge in [-0.3, -0.25) is 19.2 Å². The monoisotopic (exact) mass is 619 g/mol. The van der Waals surface area contributed by atoms with Gasteiger partial charge >= 0.3 is 5.97 Å². The molecule has 0 fully saturated rings. The maximum absolute atomic E-state index is 12.2. The third-order valence-corrected chi connectivity index (χ3v) is 5.94. The van der Waals surface area contributed by atoms with Crippen LogP contribution in [0.1, 0.15) is 51.0 Å². The van der Waals surface area contributed by atoms with Crippen molar-refractivity contribution in [1.82, 2.24) is 10.0 Å². The summed E-state index contributed by atoms with van der Waals surface area (Å²) in [5.41, 5.74) is 1.57. The van der Waals surface area contributed by atoms with Crippen LogP contribution in [0.2, 0.25) is 0 Å². The Balaban J connectivity index is 1.39. The summed E-state index contributed by atoms with van der Waals surface area (Å²) in [6, 6.07) is 9.52. The Hall–Kier alpha value is -4.27. The van der Waals surface area contributed by atoms with Gasteiger partial charge in [0.15, 0.2) is 0 Å². The number of benzene rings is 1. The lowest BCUT2D eigenvalue weighted by atomic mass is 10.0. The number of hydrogen-bond donors (Lipinski definition) is 4. The second kappa shape index (κ2) is 20.6. The Bertz CT molecular complexity index is 1190. The standard InChI is InChI=1S/C30H41N3O11/c1-22(34)21-25(35)10-7-23-5-8-24(9-6-23)32-27(37)4-2-3-26(36)31-14-16-42-18-20-43-19-17-41-15-13-30(40)44-33-28(38)11-12-29(33)39/h5-6,8-9,11-12,38-39H,2-4,7,10,13-21H2,1H3,(H,31,36)(H,32,37). The van der Waals surface area contributed by atoms with Crippen molar-refractivity contribution >= 4 is 35.0 Å². The van der Waals surface area contributed by atoms with Crippen molar-refractivity contribution in [2.45, 2.75) is 51.9 Å². The van der Waals surface area contributed by atoms with Crippen molar-refractivity contribution in [1.29, 1.82) is 0 Å². The van der Waals surface area contributed by atoms with Gasteiger partial charge in [-0.25, -0.2) is 4.79 Å². The number of nitrogens with zero attached hydrogens (tertiary/aromatic N) is 1. The van der Waals surface area contributed by atoms with Crippen molar-refractivity contribution < 1.29 is 53.2 Å². The van der Waals surface area contributed by atoms with Crippen LogP contribution in [0.5, 0.6) is 11.8 Å². The van der Waals surface area contributed by atoms with Crippen molar-refractivity contribution in [3.63, 3.8) is 0 Å². The summed E-state index contributed by atoms with van der Waals surface area (Å²) in [6.45, 7) is 3.30. The first-order valence-electron chi connectivity index (χ1n) is 14.3. The number of carbonyl (C=O) groups excluding carboxylic acids is 5. The van der Waals surface area contributed by atoms with E-state index >= 15 is 0 Å². The molecule has 242 valence electrons. The number of aryl methyl sites for hydroxylation is 1. The van der Waals surface area contributed by atoms with E-state index in [0.717, 1.165) is 5.56 Å². The predicted octanol–water partition coefficient (Wildman–Crippen LogP) is 1.70. The maximum Gasteiger partial charge on any atom is 0.335 e. The highest BCUT2D eigenvalue weighted by atomic mass is 16.7. The smallest absolute Gasteiger partial charge is 0.335 e. The largest absolute Gasteiger partial charge is 0.492 e. The number of nitrogens with one attached hydrogen (secondary N) is 2. The van der Waals surface area contributed by atoms with E-state index in [1.807, 2.05) is 12.1 Å². The summed E-state index contributed by atoms with van der Waals surface area (Å²) in [6.07, 6.45) is 1.51. The predicted molar refractivity (Wildman–Crippen MR) is 157 cm³/mol. The van der Waals surface area contributed by atoms with Gasteiger partial charge in [-0.1, -0.05) is 12.1 Å². The van der Waals surface area contributed by atoms with Crippen LogP contribution in [-0.2, 0) is 44.6 Å². The molecule has 0 spiro atoms. The van der Waals surface area contributed by atoms with Gasteiger partial charge in [-0.15, -0.1) is 4.73 Å². The zero-order valence-electron chi connectivity index (χ0n) is 24.9. The highest BCUT2D eigenvalue weighted by Gasteiger charge is 2.12. The number of ketones is 2. The first-order chi connectivity index (χ1) is 21.1. The zero-order chi connectivity index (χ0) is 32.2. The van der Waals surface area contributed by atoms with Gasteiger partial charge in [0.2, 0.25) is 23.6 Å². The average Bonchev–Trinajstić information content (AvgIpc) is 3.29. The van der Waals surface area contributed by atoms with Crippen molar-refractivity contribution in [3.05, 3.63) is 42.0 Å². The molecule has 0 atom stereocenters. The lowest BCUT2D eigenvalue weighted by Crippen LogP contribution is -2.27. The summed E-state index contributed by atoms with van der Waals surface area (Å²) < 4.78 is 16.6. The molecule has 14 heteroatoms. The van der Waals surface area contributed by atoms with Crippen molar-refractivity contribution in [2.24, 2.45) is 0 Å². The number of ether oxygens (including phenoxy) is 3. The lowest BCUT2D eigenvalue weighted by molar-refractivity contribution is -0.146. The minimum absolute atomic E-state index is 0.0431. The molecular formula is C30H41N3O11. The van der Waals surface area contributed by atoms with Crippen molar-refractivity contribution in [3.8, 4) is 11.8 Å². The molecule has 1 aromatic carbocycles. The molecule has 0 saturated carbocycles. The fraction of sp³-hybridized carbons (Fsp3) is 0.500. The number of hydrogen-bond acceptors (Lipinski definition) is 11. The van der Waals surface area contributed by atoms with E-state index < -0.39 is 17.7 Å². The maximum atomic E-state index is 12.2. The number of aromatic nitrogens is 1. The summed E-state index contributed by atoms with van der Waals surface area (Å²) in [4.78, 5) is 63.2. The Labute approximate surface area is 255 Å². The molecule has 2 amide bonds. The first-order valence-corrected chi connectivity index (χ1v) is 14.3. The van der Waals surface area contributed by atoms with Gasteiger partial charge in [0.25, 0.3) is 0 Å². The van der Waals surface area contributed by atoms with Gasteiger partial charge in [-0.05, 0) is 37.5 Å². The highest BCUT2D eigenvalue weighted by molar-refractivity contribution is 5.98. The summed E-state index contributed by atoms with van der Waals surface area (Å²) in [5, 5.41) is 24.3. The molecule has 2 rings (SSSR count). The molecule has 2 aromatic rings. The molecule has 0 aliphatic rings. The van der Waals surface area contributed by atoms with Gasteiger partial charge < -0.3 is 39.9 Å². The molecule has 0 unspecified atom stereocenters. The normalized spacial score (nSPS) is 10.8. The van der Waals surface area contributed by atoms with E-state index in [-0.39, 0.29) is 62.3 Å². The fourth-order valence-corrected chi connectivity index (χ4v) is 3.73. The molecule has 44 heavy (non-hydrogen) atoms. The quantitative estimate of drug-likeness (QED) is 0.105. The second-order valence-electron chi connectivity index (χ2n) is 9.76. The Morgan fingerprint density at radius 3 is 1.95 bits per heavy atom. The second-order valence-corrected chi connectivity index (χ2v) is 9.76. The molecule has 4 N–H and O–H groups in total. The summed E-state index contributed by atoms with van der Waals surface area (Å²) >= 11 is 0. The van der Waals surface area contributed by atoms with E-state index in [1.165, 1.54) is 19.1 Å². The molecule has 1 heterocycles. The molecule has 0 saturated heterocycles. The highest BCUT2D eigenvalue weighted by Crippen LogP contribution is 2.18. The van der Waals surface area contributed by atoms with Crippen LogP contribution >= 0.6 is 0 Å². The van der Waals surface area contributed by atoms with Gasteiger partial charge in [0.1, 0.15) is 11.6 Å². The van der Waals surface area contributed by atoms with Crippen LogP contribution in [0.3, 0.4) is 0 Å². The van der Waals surface area contributed by atoms with Gasteiger partial charge in [-0.2, -0.15) is 0 Å². The minimum Gasteiger partial charge on any atom is -0.492 e. The topological polar surface area (TPSA) is 192 Å². The van der Waals surface area contributed by atoms with Crippen LogP contribution in [0.4, 0.5) is 5.69 Å². The van der Waals surface area contributed by atoms with E-state index in [1.54, 1.807) is 12.1 Å². The Morgan fingerprint density at radius 2 is 1.32 bits per heavy atom. The average molecular weight is 620 g/mol. The summed E-state index contributed by atoms with van der Waals surface area (Å²) in [5.74, 6) is -2.09. The number of carbonyl (C=O) groups is 5. The molecular weight excluding hydrogens is 578 g/mol. The van der Waals surface area contributed by atoms with E-state index in [9.17, 15) is 34.2 Å². The van der Waals surface area contributed by atoms with Gasteiger partial charge in [0.05, 0.1) is 52.5 Å². The van der Waals surface area contributed by atoms with Gasteiger partial charge in [0, 0.05) is 43.6 Å². The number of Topliss-reactive ketones (excluding diaryl/α,β-unsaturated/α-hetero) is 2. The number of anilines is 1. The van der Waals surface area contributed by atoms with Crippen LogP contribution in [0, 0.1) is 0 Å². The molecule has 0 aliphatic carbocycles. The van der Waals surface area contributed by atoms with E-state index in [4.69, 9.17) is 19.0 Å². The van der Waals surface area contributed by atoms with Crippen LogP contribution < -0.4 is 15.5 Å². The zero-order valence-corrected chi connectivity index (χ0v) is 24.9. The number of aromatic hydroxyl groups is 2. The molecule has 14 nitrogen and oxygen atoms in total. The molecule has 0 bridgehead atoms. The van der Waals surface area contributed by atoms with Crippen LogP contribution in [0.25, 0.3) is 0 Å². The third-order valence-electron chi connectivity index (χ3n) is 5.94. The Morgan fingerprint density at radius 1 is 0.727 bits per heavy atom. The lowest BCUT2D eigenvalue weighted by Gasteiger charge is -2.09.